The highest BCUT2D eigenvalue weighted by Gasteiger charge is 2.19. The molecule has 0 atom stereocenters. The van der Waals surface area contributed by atoms with Crippen molar-refractivity contribution in [3.63, 3.8) is 0 Å². The molecule has 0 aliphatic heterocycles. The summed E-state index contributed by atoms with van der Waals surface area (Å²) in [5.74, 6) is 0.193. The standard InChI is InChI=1S/C12H14ClN3O2S2/c1-7(2)5-16-11(10-8(13)3-4-19-10)14-15-12(16)20-6-9(17)18/h3-4,7H,5-6H2,1-2H3,(H,17,18). The van der Waals surface area contributed by atoms with Gasteiger partial charge in [-0.1, -0.05) is 37.2 Å². The van der Waals surface area contributed by atoms with Crippen molar-refractivity contribution in [1.82, 2.24) is 14.8 Å². The number of aliphatic carboxylic acids is 1. The lowest BCUT2D eigenvalue weighted by Gasteiger charge is -2.11. The van der Waals surface area contributed by atoms with Gasteiger partial charge in [0.25, 0.3) is 0 Å². The van der Waals surface area contributed by atoms with E-state index in [1.807, 2.05) is 16.0 Å². The number of halogens is 1. The molecule has 0 fully saturated rings. The number of nitrogens with zero attached hydrogens (tertiary/aromatic N) is 3. The predicted octanol–water partition coefficient (Wildman–Crippen LogP) is 3.49. The summed E-state index contributed by atoms with van der Waals surface area (Å²) in [5.41, 5.74) is 0. The first-order valence-corrected chi connectivity index (χ1v) is 8.24. The van der Waals surface area contributed by atoms with Crippen LogP contribution < -0.4 is 0 Å². The zero-order chi connectivity index (χ0) is 14.7. The van der Waals surface area contributed by atoms with Crippen LogP contribution in [0, 0.1) is 5.92 Å². The summed E-state index contributed by atoms with van der Waals surface area (Å²) < 4.78 is 1.94. The van der Waals surface area contributed by atoms with Gasteiger partial charge in [-0.25, -0.2) is 0 Å². The fraction of sp³-hybridized carbons (Fsp3) is 0.417. The van der Waals surface area contributed by atoms with E-state index in [1.165, 1.54) is 23.1 Å². The van der Waals surface area contributed by atoms with Crippen LogP contribution >= 0.6 is 34.7 Å². The zero-order valence-electron chi connectivity index (χ0n) is 11.0. The summed E-state index contributed by atoms with van der Waals surface area (Å²) in [6, 6.07) is 1.82. The molecule has 0 unspecified atom stereocenters. The third kappa shape index (κ3) is 3.53. The molecule has 1 N–H and O–H groups in total. The average Bonchev–Trinajstić information content (AvgIpc) is 2.92. The van der Waals surface area contributed by atoms with Crippen LogP contribution in [0.3, 0.4) is 0 Å². The van der Waals surface area contributed by atoms with Gasteiger partial charge >= 0.3 is 5.97 Å². The summed E-state index contributed by atoms with van der Waals surface area (Å²) >= 11 is 8.82. The SMILES string of the molecule is CC(C)Cn1c(SCC(=O)O)nnc1-c1sccc1Cl. The molecule has 0 amide bonds. The van der Waals surface area contributed by atoms with Crippen LogP contribution in [0.2, 0.25) is 5.02 Å². The van der Waals surface area contributed by atoms with Gasteiger partial charge in [0.05, 0.1) is 15.7 Å². The lowest BCUT2D eigenvalue weighted by molar-refractivity contribution is -0.133. The highest BCUT2D eigenvalue weighted by molar-refractivity contribution is 7.99. The van der Waals surface area contributed by atoms with Crippen molar-refractivity contribution in [2.75, 3.05) is 5.75 Å². The molecule has 0 saturated heterocycles. The maximum Gasteiger partial charge on any atom is 0.313 e. The van der Waals surface area contributed by atoms with E-state index in [-0.39, 0.29) is 5.75 Å². The normalized spacial score (nSPS) is 11.2. The Morgan fingerprint density at radius 3 is 2.85 bits per heavy atom. The van der Waals surface area contributed by atoms with Gasteiger partial charge < -0.3 is 9.67 Å². The predicted molar refractivity (Wildman–Crippen MR) is 81.5 cm³/mol. The Bertz CT molecular complexity index is 610. The molecule has 20 heavy (non-hydrogen) atoms. The largest absolute Gasteiger partial charge is 0.481 e. The Kier molecular flexibility index (Phi) is 5.06. The number of thiophene rings is 1. The van der Waals surface area contributed by atoms with Gasteiger partial charge in [-0.2, -0.15) is 0 Å². The minimum Gasteiger partial charge on any atom is -0.481 e. The molecule has 0 aliphatic rings. The number of hydrogen-bond donors (Lipinski definition) is 1. The number of thioether (sulfide) groups is 1. The van der Waals surface area contributed by atoms with E-state index in [4.69, 9.17) is 16.7 Å². The van der Waals surface area contributed by atoms with Gasteiger partial charge in [-0.15, -0.1) is 21.5 Å². The van der Waals surface area contributed by atoms with Crippen molar-refractivity contribution in [3.8, 4) is 10.7 Å². The second-order valence-electron chi connectivity index (χ2n) is 4.59. The number of carboxylic acids is 1. The van der Waals surface area contributed by atoms with Gasteiger partial charge in [0, 0.05) is 6.54 Å². The first kappa shape index (κ1) is 15.3. The lowest BCUT2D eigenvalue weighted by atomic mass is 10.2. The van der Waals surface area contributed by atoms with Crippen molar-refractivity contribution in [2.45, 2.75) is 25.5 Å². The van der Waals surface area contributed by atoms with Gasteiger partial charge in [-0.3, -0.25) is 4.79 Å². The quantitative estimate of drug-likeness (QED) is 0.820. The van der Waals surface area contributed by atoms with Gasteiger partial charge in [0.1, 0.15) is 0 Å². The third-order valence-electron chi connectivity index (χ3n) is 2.41. The molecule has 2 rings (SSSR count). The molecule has 108 valence electrons. The van der Waals surface area contributed by atoms with Crippen molar-refractivity contribution in [1.29, 1.82) is 0 Å². The van der Waals surface area contributed by atoms with Crippen LogP contribution in [0.25, 0.3) is 10.7 Å². The molecule has 0 aromatic carbocycles. The fourth-order valence-electron chi connectivity index (χ4n) is 1.67. The van der Waals surface area contributed by atoms with Crippen molar-refractivity contribution in [2.24, 2.45) is 5.92 Å². The molecular formula is C12H14ClN3O2S2. The van der Waals surface area contributed by atoms with Crippen molar-refractivity contribution in [3.05, 3.63) is 16.5 Å². The minimum atomic E-state index is -0.871. The number of rotatable bonds is 6. The average molecular weight is 332 g/mol. The van der Waals surface area contributed by atoms with Crippen LogP contribution in [0.4, 0.5) is 0 Å². The molecule has 2 aromatic rings. The van der Waals surface area contributed by atoms with E-state index in [2.05, 4.69) is 24.0 Å². The van der Waals surface area contributed by atoms with E-state index in [1.54, 1.807) is 0 Å². The Morgan fingerprint density at radius 1 is 1.55 bits per heavy atom. The second-order valence-corrected chi connectivity index (χ2v) is 6.86. The topological polar surface area (TPSA) is 68.0 Å². The Balaban J connectivity index is 2.37. The van der Waals surface area contributed by atoms with E-state index in [9.17, 15) is 4.79 Å². The second kappa shape index (κ2) is 6.60. The zero-order valence-corrected chi connectivity index (χ0v) is 13.4. The fourth-order valence-corrected chi connectivity index (χ4v) is 3.47. The highest BCUT2D eigenvalue weighted by atomic mass is 35.5. The van der Waals surface area contributed by atoms with Crippen molar-refractivity contribution < 1.29 is 9.90 Å². The molecule has 0 bridgehead atoms. The lowest BCUT2D eigenvalue weighted by Crippen LogP contribution is -2.08. The Labute approximate surface area is 130 Å². The van der Waals surface area contributed by atoms with Crippen LogP contribution in [0.1, 0.15) is 13.8 Å². The van der Waals surface area contributed by atoms with Gasteiger partial charge in [0.15, 0.2) is 11.0 Å². The van der Waals surface area contributed by atoms with E-state index >= 15 is 0 Å². The Morgan fingerprint density at radius 2 is 2.30 bits per heavy atom. The van der Waals surface area contributed by atoms with Gasteiger partial charge in [-0.05, 0) is 17.4 Å². The smallest absolute Gasteiger partial charge is 0.313 e. The monoisotopic (exact) mass is 331 g/mol. The molecule has 5 nitrogen and oxygen atoms in total. The van der Waals surface area contributed by atoms with E-state index < -0.39 is 5.97 Å². The first-order valence-electron chi connectivity index (χ1n) is 6.00. The molecule has 2 aromatic heterocycles. The molecule has 0 aliphatic carbocycles. The number of hydrogen-bond acceptors (Lipinski definition) is 5. The highest BCUT2D eigenvalue weighted by Crippen LogP contribution is 2.34. The van der Waals surface area contributed by atoms with E-state index in [0.717, 1.165) is 11.4 Å². The molecule has 0 saturated carbocycles. The maximum atomic E-state index is 10.7. The molecule has 0 radical (unpaired) electrons. The number of aromatic nitrogens is 3. The first-order chi connectivity index (χ1) is 9.49. The van der Waals surface area contributed by atoms with Gasteiger partial charge in [0.2, 0.25) is 0 Å². The maximum absolute atomic E-state index is 10.7. The van der Waals surface area contributed by atoms with Crippen LogP contribution in [-0.4, -0.2) is 31.6 Å². The van der Waals surface area contributed by atoms with Crippen LogP contribution in [-0.2, 0) is 11.3 Å². The van der Waals surface area contributed by atoms with E-state index in [0.29, 0.717) is 21.9 Å². The molecule has 0 spiro atoms. The van der Waals surface area contributed by atoms with Crippen LogP contribution in [0.15, 0.2) is 16.6 Å². The number of carbonyl (C=O) groups is 1. The molecule has 2 heterocycles. The summed E-state index contributed by atoms with van der Waals surface area (Å²) in [6.07, 6.45) is 0. The Hall–Kier alpha value is -1.05. The van der Waals surface area contributed by atoms with Crippen molar-refractivity contribution >= 4 is 40.7 Å². The summed E-state index contributed by atoms with van der Waals surface area (Å²) in [7, 11) is 0. The number of carboxylic acid groups (broad SMARTS) is 1. The van der Waals surface area contributed by atoms with Crippen LogP contribution in [0.5, 0.6) is 0 Å². The minimum absolute atomic E-state index is 0.0333. The summed E-state index contributed by atoms with van der Waals surface area (Å²) in [6.45, 7) is 4.90. The molecule has 8 heteroatoms. The summed E-state index contributed by atoms with van der Waals surface area (Å²) in [4.78, 5) is 11.6. The molecular weight excluding hydrogens is 318 g/mol. The summed E-state index contributed by atoms with van der Waals surface area (Å²) in [5, 5.41) is 20.2. The third-order valence-corrected chi connectivity index (χ3v) is 4.70.